The number of allylic oxidation sites excluding steroid dienone is 5. The maximum atomic E-state index is 3.99. The maximum absolute atomic E-state index is 3.99. The molecule has 0 aromatic heterocycles. The molecule has 0 aliphatic carbocycles. The van der Waals surface area contributed by atoms with Crippen molar-refractivity contribution >= 4 is 6.21 Å². The summed E-state index contributed by atoms with van der Waals surface area (Å²) in [4.78, 5) is 3.99. The zero-order valence-corrected chi connectivity index (χ0v) is 6.83. The summed E-state index contributed by atoms with van der Waals surface area (Å²) in [6, 6.07) is 0. The van der Waals surface area contributed by atoms with Gasteiger partial charge in [-0.05, 0) is 18.6 Å². The van der Waals surface area contributed by atoms with Crippen LogP contribution in [0.15, 0.2) is 54.2 Å². The second kappa shape index (κ2) is 6.75. The predicted molar refractivity (Wildman–Crippen MR) is 51.8 cm³/mol. The average molecular weight is 147 g/mol. The number of aliphatic imine (C=N–C) groups is 1. The van der Waals surface area contributed by atoms with E-state index >= 15 is 0 Å². The molecule has 0 atom stereocenters. The van der Waals surface area contributed by atoms with Gasteiger partial charge in [0.2, 0.25) is 0 Å². The topological polar surface area (TPSA) is 12.4 Å². The van der Waals surface area contributed by atoms with Gasteiger partial charge in [-0.2, -0.15) is 0 Å². The zero-order chi connectivity index (χ0) is 8.53. The quantitative estimate of drug-likeness (QED) is 0.428. The van der Waals surface area contributed by atoms with Crippen molar-refractivity contribution < 1.29 is 0 Å². The number of hydrogen-bond donors (Lipinski definition) is 0. The van der Waals surface area contributed by atoms with Crippen molar-refractivity contribution in [2.75, 3.05) is 0 Å². The van der Waals surface area contributed by atoms with Crippen LogP contribution < -0.4 is 0 Å². The molecule has 0 aliphatic heterocycles. The molecule has 0 saturated heterocycles. The highest BCUT2D eigenvalue weighted by Gasteiger charge is 1.72. The van der Waals surface area contributed by atoms with Gasteiger partial charge in [0.1, 0.15) is 0 Å². The molecular formula is C10H13N. The van der Waals surface area contributed by atoms with Crippen LogP contribution in [0.1, 0.15) is 6.92 Å². The normalized spacial score (nSPS) is 12.6. The zero-order valence-electron chi connectivity index (χ0n) is 6.83. The Bertz CT molecular complexity index is 207. The van der Waals surface area contributed by atoms with Crippen LogP contribution in [0, 0.1) is 0 Å². The number of hydrogen-bond acceptors (Lipinski definition) is 1. The molecule has 11 heavy (non-hydrogen) atoms. The molecule has 0 fully saturated rings. The highest BCUT2D eigenvalue weighted by atomic mass is 14.7. The third kappa shape index (κ3) is 6.52. The van der Waals surface area contributed by atoms with Crippen molar-refractivity contribution in [3.05, 3.63) is 49.2 Å². The number of rotatable bonds is 4. The second-order valence-electron chi connectivity index (χ2n) is 2.00. The van der Waals surface area contributed by atoms with E-state index in [0.29, 0.717) is 0 Å². The first-order valence-electron chi connectivity index (χ1n) is 3.41. The predicted octanol–water partition coefficient (Wildman–Crippen LogP) is 2.89. The summed E-state index contributed by atoms with van der Waals surface area (Å²) in [5, 5.41) is 0. The Hall–Kier alpha value is -1.37. The molecule has 1 nitrogen and oxygen atoms in total. The molecule has 0 amide bonds. The van der Waals surface area contributed by atoms with Gasteiger partial charge in [0.05, 0.1) is 0 Å². The van der Waals surface area contributed by atoms with Crippen LogP contribution in [0.25, 0.3) is 0 Å². The van der Waals surface area contributed by atoms with Gasteiger partial charge >= 0.3 is 0 Å². The van der Waals surface area contributed by atoms with Crippen LogP contribution in [0.5, 0.6) is 0 Å². The molecule has 0 aromatic carbocycles. The summed E-state index contributed by atoms with van der Waals surface area (Å²) in [5.41, 5.74) is 1.05. The minimum Gasteiger partial charge on any atom is -0.264 e. The monoisotopic (exact) mass is 147 g/mol. The Labute approximate surface area is 68.2 Å². The summed E-state index contributed by atoms with van der Waals surface area (Å²) in [7, 11) is 0. The molecule has 0 aliphatic rings. The Morgan fingerprint density at radius 3 is 2.55 bits per heavy atom. The molecule has 0 bridgehead atoms. The fourth-order valence-corrected chi connectivity index (χ4v) is 0.391. The molecule has 0 rings (SSSR count). The third-order valence-electron chi connectivity index (χ3n) is 1.02. The van der Waals surface area contributed by atoms with E-state index in [9.17, 15) is 0 Å². The van der Waals surface area contributed by atoms with Crippen molar-refractivity contribution in [1.82, 2.24) is 0 Å². The highest BCUT2D eigenvalue weighted by Crippen LogP contribution is 1.91. The fourth-order valence-electron chi connectivity index (χ4n) is 0.391. The molecule has 0 unspecified atom stereocenters. The Morgan fingerprint density at radius 1 is 1.27 bits per heavy atom. The van der Waals surface area contributed by atoms with Gasteiger partial charge in [0.15, 0.2) is 0 Å². The first-order valence-corrected chi connectivity index (χ1v) is 3.41. The lowest BCUT2D eigenvalue weighted by atomic mass is 10.3. The van der Waals surface area contributed by atoms with Crippen LogP contribution in [0.3, 0.4) is 0 Å². The van der Waals surface area contributed by atoms with Crippen molar-refractivity contribution in [3.63, 3.8) is 0 Å². The Kier molecular flexibility index (Phi) is 5.91. The Morgan fingerprint density at radius 2 is 2.00 bits per heavy atom. The average Bonchev–Trinajstić information content (AvgIpc) is 2.04. The van der Waals surface area contributed by atoms with Crippen LogP contribution in [0.4, 0.5) is 0 Å². The van der Waals surface area contributed by atoms with Crippen LogP contribution >= 0.6 is 0 Å². The lowest BCUT2D eigenvalue weighted by molar-refractivity contribution is 1.44. The minimum absolute atomic E-state index is 1.05. The van der Waals surface area contributed by atoms with Crippen LogP contribution in [0.2, 0.25) is 0 Å². The van der Waals surface area contributed by atoms with Gasteiger partial charge in [-0.25, -0.2) is 0 Å². The summed E-state index contributed by atoms with van der Waals surface area (Å²) in [5.74, 6) is 0. The third-order valence-corrected chi connectivity index (χ3v) is 1.02. The van der Waals surface area contributed by atoms with Crippen molar-refractivity contribution in [3.8, 4) is 0 Å². The van der Waals surface area contributed by atoms with E-state index in [-0.39, 0.29) is 0 Å². The van der Waals surface area contributed by atoms with E-state index in [2.05, 4.69) is 18.2 Å². The lowest BCUT2D eigenvalue weighted by Gasteiger charge is -1.82. The van der Waals surface area contributed by atoms with E-state index in [4.69, 9.17) is 0 Å². The second-order valence-corrected chi connectivity index (χ2v) is 2.00. The molecule has 0 saturated carbocycles. The molecule has 0 radical (unpaired) electrons. The first kappa shape index (κ1) is 9.63. The van der Waals surface area contributed by atoms with E-state index in [0.717, 1.165) is 5.57 Å². The molecule has 0 N–H and O–H groups in total. The van der Waals surface area contributed by atoms with Gasteiger partial charge in [-0.1, -0.05) is 31.4 Å². The lowest BCUT2D eigenvalue weighted by Crippen LogP contribution is -1.65. The summed E-state index contributed by atoms with van der Waals surface area (Å²) < 4.78 is 0. The Balaban J connectivity index is 3.85. The van der Waals surface area contributed by atoms with Crippen LogP contribution in [-0.2, 0) is 0 Å². The van der Waals surface area contributed by atoms with Crippen molar-refractivity contribution in [2.45, 2.75) is 6.92 Å². The standard InChI is InChI=1S/C10H13N/c1-4-6-7-8-11-9-10(3)5-2/h4-9H,1-2H2,3H3/b7-6+,10-9+,11-8-. The summed E-state index contributed by atoms with van der Waals surface area (Å²) in [6.45, 7) is 9.07. The smallest absolute Gasteiger partial charge is 0.0296 e. The largest absolute Gasteiger partial charge is 0.264 e. The maximum Gasteiger partial charge on any atom is 0.0296 e. The van der Waals surface area contributed by atoms with Crippen molar-refractivity contribution in [1.29, 1.82) is 0 Å². The highest BCUT2D eigenvalue weighted by molar-refractivity contribution is 5.72. The summed E-state index contributed by atoms with van der Waals surface area (Å²) in [6.07, 6.45) is 10.6. The van der Waals surface area contributed by atoms with Gasteiger partial charge in [-0.3, -0.25) is 4.99 Å². The van der Waals surface area contributed by atoms with Gasteiger partial charge in [-0.15, -0.1) is 0 Å². The molecular weight excluding hydrogens is 134 g/mol. The van der Waals surface area contributed by atoms with Crippen LogP contribution in [-0.4, -0.2) is 6.21 Å². The molecule has 58 valence electrons. The van der Waals surface area contributed by atoms with Gasteiger partial charge in [0.25, 0.3) is 0 Å². The minimum atomic E-state index is 1.05. The van der Waals surface area contributed by atoms with Gasteiger partial charge < -0.3 is 0 Å². The van der Waals surface area contributed by atoms with E-state index in [1.807, 2.05) is 19.1 Å². The fraction of sp³-hybridized carbons (Fsp3) is 0.100. The molecule has 1 heteroatoms. The van der Waals surface area contributed by atoms with E-state index in [1.54, 1.807) is 24.6 Å². The van der Waals surface area contributed by atoms with E-state index < -0.39 is 0 Å². The molecule has 0 aromatic rings. The molecule has 0 spiro atoms. The number of nitrogens with zero attached hydrogens (tertiary/aromatic N) is 1. The van der Waals surface area contributed by atoms with E-state index in [1.165, 1.54) is 0 Å². The molecule has 0 heterocycles. The first-order chi connectivity index (χ1) is 5.31. The summed E-state index contributed by atoms with van der Waals surface area (Å²) >= 11 is 0. The van der Waals surface area contributed by atoms with Crippen molar-refractivity contribution in [2.24, 2.45) is 4.99 Å². The van der Waals surface area contributed by atoms with Gasteiger partial charge in [0, 0.05) is 12.4 Å². The SMILES string of the molecule is C=C/C=C/C=N\C=C(/C)C=C.